The van der Waals surface area contributed by atoms with Crippen LogP contribution in [0.25, 0.3) is 5.57 Å². The zero-order valence-electron chi connectivity index (χ0n) is 30.5. The highest BCUT2D eigenvalue weighted by Gasteiger charge is 2.49. The Morgan fingerprint density at radius 1 is 1.02 bits per heavy atom. The number of carbonyl (C=O) groups is 2. The molecule has 0 spiro atoms. The van der Waals surface area contributed by atoms with Crippen molar-refractivity contribution in [2.24, 2.45) is 5.92 Å². The average Bonchev–Trinajstić information content (AvgIpc) is 3.37. The number of likely N-dealkylation sites (tertiary alicyclic amines) is 1. The molecule has 2 unspecified atom stereocenters. The van der Waals surface area contributed by atoms with Crippen LogP contribution in [0, 0.1) is 5.92 Å². The normalized spacial score (nSPS) is 19.5. The molecule has 2 amide bonds. The summed E-state index contributed by atoms with van der Waals surface area (Å²) in [6, 6.07) is 18.0. The molecule has 2 aromatic rings. The fourth-order valence-corrected chi connectivity index (χ4v) is 8.40. The van der Waals surface area contributed by atoms with Crippen LogP contribution in [0.1, 0.15) is 83.8 Å². The van der Waals surface area contributed by atoms with Crippen LogP contribution in [0.3, 0.4) is 0 Å². The molecule has 1 aliphatic heterocycles. The number of alkyl halides is 3. The quantitative estimate of drug-likeness (QED) is 0.0971. The third-order valence-electron chi connectivity index (χ3n) is 10.1. The molecule has 5 nitrogen and oxygen atoms in total. The van der Waals surface area contributed by atoms with Crippen LogP contribution in [-0.2, 0) is 15.0 Å². The summed E-state index contributed by atoms with van der Waals surface area (Å²) < 4.78 is 39.8. The number of rotatable bonds is 17. The Hall–Kier alpha value is -3.56. The predicted molar refractivity (Wildman–Crippen MR) is 205 cm³/mol. The predicted octanol–water partition coefficient (Wildman–Crippen LogP) is 9.43. The molecule has 276 valence electrons. The van der Waals surface area contributed by atoms with Crippen molar-refractivity contribution >= 4 is 29.1 Å². The number of nitrogens with one attached hydrogen (secondary N) is 2. The second kappa shape index (κ2) is 19.3. The summed E-state index contributed by atoms with van der Waals surface area (Å²) in [6.45, 7) is 9.14. The van der Waals surface area contributed by atoms with Gasteiger partial charge in [0.05, 0.1) is 11.3 Å². The lowest BCUT2D eigenvalue weighted by atomic mass is 9.72. The van der Waals surface area contributed by atoms with Crippen LogP contribution >= 0.6 is 11.8 Å². The highest BCUT2D eigenvalue weighted by Crippen LogP contribution is 2.50. The Balaban J connectivity index is 1.35. The fraction of sp³-hybridized carbons (Fsp3) is 0.476. The van der Waals surface area contributed by atoms with Gasteiger partial charge in [0.25, 0.3) is 0 Å². The first kappa shape index (κ1) is 40.2. The molecule has 2 aromatic carbocycles. The minimum absolute atomic E-state index is 0.0792. The number of hydrogen-bond donors (Lipinski definition) is 2. The largest absolute Gasteiger partial charge is 0.405 e. The summed E-state index contributed by atoms with van der Waals surface area (Å²) in [4.78, 5) is 31.1. The summed E-state index contributed by atoms with van der Waals surface area (Å²) in [6.07, 6.45) is 10.6. The number of nitrogens with zero attached hydrogens (tertiary/aromatic N) is 1. The monoisotopic (exact) mass is 721 g/mol. The Kier molecular flexibility index (Phi) is 15.2. The van der Waals surface area contributed by atoms with Gasteiger partial charge in [0.15, 0.2) is 0 Å². The van der Waals surface area contributed by atoms with Crippen LogP contribution < -0.4 is 10.6 Å². The second-order valence-electron chi connectivity index (χ2n) is 13.5. The van der Waals surface area contributed by atoms with Crippen molar-refractivity contribution in [2.45, 2.75) is 95.2 Å². The zero-order valence-corrected chi connectivity index (χ0v) is 31.3. The van der Waals surface area contributed by atoms with E-state index >= 15 is 0 Å². The Bertz CT molecular complexity index is 1580. The average molecular weight is 722 g/mol. The van der Waals surface area contributed by atoms with E-state index in [4.69, 9.17) is 0 Å². The molecule has 0 radical (unpaired) electrons. The van der Waals surface area contributed by atoms with Crippen molar-refractivity contribution in [3.63, 3.8) is 0 Å². The first-order valence-electron chi connectivity index (χ1n) is 18.3. The van der Waals surface area contributed by atoms with E-state index in [0.717, 1.165) is 78.9 Å². The summed E-state index contributed by atoms with van der Waals surface area (Å²) in [7, 11) is 0. The van der Waals surface area contributed by atoms with Gasteiger partial charge in [-0.05, 0) is 100 Å². The lowest BCUT2D eigenvalue weighted by Crippen LogP contribution is -2.48. The van der Waals surface area contributed by atoms with Crippen molar-refractivity contribution in [1.29, 1.82) is 0 Å². The lowest BCUT2D eigenvalue weighted by Gasteiger charge is -2.34. The van der Waals surface area contributed by atoms with Crippen LogP contribution in [0.2, 0.25) is 0 Å². The third-order valence-corrected chi connectivity index (χ3v) is 11.2. The maximum absolute atomic E-state index is 13.9. The minimum Gasteiger partial charge on any atom is -0.353 e. The van der Waals surface area contributed by atoms with Gasteiger partial charge in [0.1, 0.15) is 6.54 Å². The number of thioether (sulfide) groups is 1. The van der Waals surface area contributed by atoms with Crippen LogP contribution in [0.4, 0.5) is 13.2 Å². The summed E-state index contributed by atoms with van der Waals surface area (Å²) in [5, 5.41) is 5.60. The number of halogens is 3. The van der Waals surface area contributed by atoms with Gasteiger partial charge in [-0.2, -0.15) is 13.2 Å². The minimum atomic E-state index is -4.50. The smallest absolute Gasteiger partial charge is 0.353 e. The molecule has 1 aliphatic carbocycles. The Morgan fingerprint density at radius 3 is 2.39 bits per heavy atom. The molecule has 2 atom stereocenters. The number of allylic oxidation sites excluding steroid dienone is 6. The van der Waals surface area contributed by atoms with Gasteiger partial charge in [-0.3, -0.25) is 9.59 Å². The number of hydrogen-bond acceptors (Lipinski definition) is 4. The van der Waals surface area contributed by atoms with Crippen LogP contribution in [-0.4, -0.2) is 60.9 Å². The summed E-state index contributed by atoms with van der Waals surface area (Å²) in [5.41, 5.74) is 3.38. The van der Waals surface area contributed by atoms with Gasteiger partial charge >= 0.3 is 6.18 Å². The third kappa shape index (κ3) is 10.7. The van der Waals surface area contributed by atoms with Crippen molar-refractivity contribution < 1.29 is 22.8 Å². The fourth-order valence-electron chi connectivity index (χ4n) is 7.35. The zero-order chi connectivity index (χ0) is 36.9. The molecule has 1 saturated heterocycles. The Labute approximate surface area is 306 Å². The van der Waals surface area contributed by atoms with E-state index in [-0.39, 0.29) is 17.9 Å². The summed E-state index contributed by atoms with van der Waals surface area (Å²) >= 11 is 1.75. The van der Waals surface area contributed by atoms with Crippen molar-refractivity contribution in [1.82, 2.24) is 15.5 Å². The molecule has 2 N–H and O–H groups in total. The van der Waals surface area contributed by atoms with E-state index in [1.54, 1.807) is 11.8 Å². The first-order chi connectivity index (χ1) is 24.5. The molecule has 4 rings (SSSR count). The summed E-state index contributed by atoms with van der Waals surface area (Å²) in [5.74, 6) is 0.0352. The molecule has 0 bridgehead atoms. The number of benzene rings is 2. The Morgan fingerprint density at radius 2 is 1.73 bits per heavy atom. The molecule has 51 heavy (non-hydrogen) atoms. The lowest BCUT2D eigenvalue weighted by molar-refractivity contribution is -0.141. The van der Waals surface area contributed by atoms with Crippen molar-refractivity contribution in [2.75, 3.05) is 31.9 Å². The van der Waals surface area contributed by atoms with Gasteiger partial charge in [-0.1, -0.05) is 91.8 Å². The number of carbonyl (C=O) groups excluding carboxylic acids is 2. The maximum Gasteiger partial charge on any atom is 0.405 e. The number of piperidine rings is 1. The van der Waals surface area contributed by atoms with E-state index in [9.17, 15) is 22.8 Å². The van der Waals surface area contributed by atoms with Gasteiger partial charge in [-0.25, -0.2) is 0 Å². The molecule has 1 fully saturated rings. The van der Waals surface area contributed by atoms with Crippen molar-refractivity contribution in [3.05, 3.63) is 107 Å². The SMILES string of the molecule is C/C=C\CC(C(=O)NC1CCN(CCCCC2(C(=O)NCC(F)(F)F)C(/C=C\CC)=C(C)c3ccccc32)CC1)/C(=C\C)CSc1ccccc1. The van der Waals surface area contributed by atoms with E-state index in [1.165, 1.54) is 4.90 Å². The second-order valence-corrected chi connectivity index (χ2v) is 14.6. The molecule has 0 aromatic heterocycles. The molecular formula is C42H54F3N3O2S. The number of amides is 2. The molecular weight excluding hydrogens is 668 g/mol. The topological polar surface area (TPSA) is 61.4 Å². The van der Waals surface area contributed by atoms with Gasteiger partial charge in [0.2, 0.25) is 11.8 Å². The van der Waals surface area contributed by atoms with E-state index in [2.05, 4.69) is 39.8 Å². The molecule has 2 aliphatic rings. The van der Waals surface area contributed by atoms with Crippen LogP contribution in [0.5, 0.6) is 0 Å². The van der Waals surface area contributed by atoms with Crippen LogP contribution in [0.15, 0.2) is 101 Å². The molecule has 0 saturated carbocycles. The maximum atomic E-state index is 13.9. The van der Waals surface area contributed by atoms with Gasteiger partial charge in [0, 0.05) is 29.8 Å². The molecule has 9 heteroatoms. The standard InChI is InChI=1S/C42H54F3N3O2S/c1-5-8-19-36(32(7-3)29-51-34-17-11-10-12-18-34)39(49)47-33-23-27-48(28-24-33)26-16-15-25-41(40(50)46-30-42(43,44)45)37(21-9-6-2)31(4)35-20-13-14-22-38(35)41/h5,7-14,17-18,20-22,33,36H,6,15-16,19,23-30H2,1-4H3,(H,46,50)(H,47,49)/b8-5-,21-9-,32-7-. The van der Waals surface area contributed by atoms with E-state index in [0.29, 0.717) is 19.3 Å². The number of fused-ring (bicyclic) bond motifs is 1. The highest BCUT2D eigenvalue weighted by molar-refractivity contribution is 7.99. The molecule has 1 heterocycles. The van der Waals surface area contributed by atoms with Gasteiger partial charge < -0.3 is 15.5 Å². The first-order valence-corrected chi connectivity index (χ1v) is 19.3. The van der Waals surface area contributed by atoms with E-state index < -0.39 is 24.0 Å². The highest BCUT2D eigenvalue weighted by atomic mass is 32.2. The number of unbranched alkanes of at least 4 members (excludes halogenated alkanes) is 1. The van der Waals surface area contributed by atoms with E-state index in [1.807, 2.05) is 88.4 Å². The van der Waals surface area contributed by atoms with Gasteiger partial charge in [-0.15, -0.1) is 11.8 Å². The van der Waals surface area contributed by atoms with Crippen molar-refractivity contribution in [3.8, 4) is 0 Å².